The van der Waals surface area contributed by atoms with E-state index in [1.165, 1.54) is 0 Å². The lowest BCUT2D eigenvalue weighted by Crippen LogP contribution is -2.40. The van der Waals surface area contributed by atoms with E-state index >= 15 is 0 Å². The third-order valence-corrected chi connectivity index (χ3v) is 5.80. The summed E-state index contributed by atoms with van der Waals surface area (Å²) in [7, 11) is 1.86. The Morgan fingerprint density at radius 3 is 3.10 bits per heavy atom. The lowest BCUT2D eigenvalue weighted by molar-refractivity contribution is 0.0713. The Balaban J connectivity index is 1.51. The third kappa shape index (κ3) is 3.22. The fourth-order valence-corrected chi connectivity index (χ4v) is 4.14. The van der Waals surface area contributed by atoms with Gasteiger partial charge < -0.3 is 15.0 Å². The Labute approximate surface area is 177 Å². The Bertz CT molecular complexity index is 1260. The second-order valence-electron chi connectivity index (χ2n) is 7.60. The van der Waals surface area contributed by atoms with Gasteiger partial charge in [-0.05, 0) is 38.0 Å². The van der Waals surface area contributed by atoms with Gasteiger partial charge in [-0.25, -0.2) is 9.97 Å². The molecule has 1 aliphatic rings. The first-order valence-corrected chi connectivity index (χ1v) is 10.3. The van der Waals surface area contributed by atoms with Crippen molar-refractivity contribution in [2.45, 2.75) is 31.9 Å². The Morgan fingerprint density at radius 2 is 2.30 bits per heavy atom. The van der Waals surface area contributed by atoms with Crippen molar-refractivity contribution in [1.29, 1.82) is 0 Å². The number of hydrogen-bond donors (Lipinski definition) is 2. The molecule has 154 valence electrons. The summed E-state index contributed by atoms with van der Waals surface area (Å²) in [6.45, 7) is 2.71. The van der Waals surface area contributed by atoms with Crippen LogP contribution in [-0.4, -0.2) is 49.4 Å². The summed E-state index contributed by atoms with van der Waals surface area (Å²) >= 11 is 6.13. The summed E-state index contributed by atoms with van der Waals surface area (Å²) in [5.41, 5.74) is 3.70. The van der Waals surface area contributed by atoms with Crippen LogP contribution in [0.1, 0.15) is 30.1 Å². The summed E-state index contributed by atoms with van der Waals surface area (Å²) in [6, 6.07) is 5.52. The number of carbonyl (C=O) groups is 1. The smallest absolute Gasteiger partial charge is 0.255 e. The molecule has 0 spiro atoms. The van der Waals surface area contributed by atoms with E-state index in [1.807, 2.05) is 32.2 Å². The number of ether oxygens (including phenoxy) is 1. The molecule has 30 heavy (non-hydrogen) atoms. The number of H-pyrrole nitrogens is 1. The molecule has 1 fully saturated rings. The molecule has 0 bridgehead atoms. The quantitative estimate of drug-likeness (QED) is 0.522. The molecule has 2 unspecified atom stereocenters. The number of aromatic amines is 1. The van der Waals surface area contributed by atoms with Crippen LogP contribution in [0.25, 0.3) is 33.5 Å². The van der Waals surface area contributed by atoms with Crippen molar-refractivity contribution in [1.82, 2.24) is 30.0 Å². The largest absolute Gasteiger partial charge is 0.376 e. The van der Waals surface area contributed by atoms with Crippen molar-refractivity contribution >= 4 is 39.6 Å². The van der Waals surface area contributed by atoms with E-state index in [1.54, 1.807) is 17.1 Å². The van der Waals surface area contributed by atoms with Crippen molar-refractivity contribution in [3.8, 4) is 11.4 Å². The molecule has 8 nitrogen and oxygen atoms in total. The average molecular weight is 425 g/mol. The fraction of sp³-hybridized carbons (Fsp3) is 0.333. The second-order valence-corrected chi connectivity index (χ2v) is 8.04. The number of nitrogens with zero attached hydrogens (tertiary/aromatic N) is 4. The van der Waals surface area contributed by atoms with Crippen LogP contribution in [0.3, 0.4) is 0 Å². The topological polar surface area (TPSA) is 97.7 Å². The predicted octanol–water partition coefficient (Wildman–Crippen LogP) is 3.46. The highest BCUT2D eigenvalue weighted by Crippen LogP contribution is 2.29. The number of amides is 1. The van der Waals surface area contributed by atoms with Gasteiger partial charge in [0.1, 0.15) is 16.9 Å². The number of halogens is 1. The number of aryl methyl sites for hydroxylation is 1. The van der Waals surface area contributed by atoms with Crippen LogP contribution in [0.2, 0.25) is 5.02 Å². The first-order chi connectivity index (χ1) is 14.5. The predicted molar refractivity (Wildman–Crippen MR) is 115 cm³/mol. The van der Waals surface area contributed by atoms with Gasteiger partial charge in [0, 0.05) is 30.3 Å². The van der Waals surface area contributed by atoms with Gasteiger partial charge in [-0.2, -0.15) is 5.10 Å². The zero-order valence-corrected chi connectivity index (χ0v) is 17.4. The summed E-state index contributed by atoms with van der Waals surface area (Å²) in [6.07, 6.45) is 5.33. The molecule has 0 saturated carbocycles. The SMILES string of the molecule is CC(NC(=O)c1c[nH]c2ncc(-c3nn(C)c4cc(Cl)ccc34)nc12)C1CCCO1. The highest BCUT2D eigenvalue weighted by molar-refractivity contribution is 6.31. The average Bonchev–Trinajstić information content (AvgIpc) is 3.46. The summed E-state index contributed by atoms with van der Waals surface area (Å²) < 4.78 is 7.44. The number of fused-ring (bicyclic) bond motifs is 2. The minimum absolute atomic E-state index is 0.0486. The molecule has 0 radical (unpaired) electrons. The minimum Gasteiger partial charge on any atom is -0.376 e. The van der Waals surface area contributed by atoms with Crippen molar-refractivity contribution in [3.63, 3.8) is 0 Å². The lowest BCUT2D eigenvalue weighted by Gasteiger charge is -2.19. The molecule has 1 aromatic carbocycles. The van der Waals surface area contributed by atoms with Gasteiger partial charge in [0.25, 0.3) is 5.91 Å². The molecule has 0 aliphatic carbocycles. The molecule has 4 heterocycles. The van der Waals surface area contributed by atoms with Crippen LogP contribution in [-0.2, 0) is 11.8 Å². The maximum atomic E-state index is 12.9. The first-order valence-electron chi connectivity index (χ1n) is 9.90. The van der Waals surface area contributed by atoms with Crippen molar-refractivity contribution in [3.05, 3.63) is 41.2 Å². The van der Waals surface area contributed by atoms with E-state index in [2.05, 4.69) is 20.4 Å². The van der Waals surface area contributed by atoms with Gasteiger partial charge in [0.05, 0.1) is 29.4 Å². The van der Waals surface area contributed by atoms with Gasteiger partial charge in [-0.15, -0.1) is 0 Å². The zero-order valence-electron chi connectivity index (χ0n) is 16.6. The van der Waals surface area contributed by atoms with Crippen LogP contribution in [0.15, 0.2) is 30.6 Å². The number of benzene rings is 1. The van der Waals surface area contributed by atoms with Crippen LogP contribution in [0, 0.1) is 0 Å². The van der Waals surface area contributed by atoms with Crippen LogP contribution < -0.4 is 5.32 Å². The normalized spacial score (nSPS) is 17.6. The molecule has 9 heteroatoms. The van der Waals surface area contributed by atoms with Gasteiger partial charge >= 0.3 is 0 Å². The Morgan fingerprint density at radius 1 is 1.43 bits per heavy atom. The fourth-order valence-electron chi connectivity index (χ4n) is 3.97. The van der Waals surface area contributed by atoms with Gasteiger partial charge in [0.2, 0.25) is 0 Å². The molecule has 5 rings (SSSR count). The molecule has 1 amide bonds. The molecule has 1 aliphatic heterocycles. The third-order valence-electron chi connectivity index (χ3n) is 5.56. The van der Waals surface area contributed by atoms with E-state index in [9.17, 15) is 4.79 Å². The molecule has 3 aromatic heterocycles. The van der Waals surface area contributed by atoms with Crippen LogP contribution >= 0.6 is 11.6 Å². The zero-order chi connectivity index (χ0) is 20.8. The molecule has 4 aromatic rings. The lowest BCUT2D eigenvalue weighted by atomic mass is 10.1. The second kappa shape index (κ2) is 7.37. The van der Waals surface area contributed by atoms with E-state index in [0.29, 0.717) is 33.1 Å². The van der Waals surface area contributed by atoms with Crippen LogP contribution in [0.4, 0.5) is 0 Å². The standard InChI is InChI=1S/C21H21ClN6O2/c1-11(17-4-3-7-30-17)25-21(29)14-9-23-20-19(14)26-15(10-24-20)18-13-6-5-12(22)8-16(13)28(2)27-18/h5-6,8-11,17H,3-4,7H2,1-2H3,(H,23,24)(H,25,29). The number of aromatic nitrogens is 5. The molecular formula is C21H21ClN6O2. The molecule has 2 N–H and O–H groups in total. The summed E-state index contributed by atoms with van der Waals surface area (Å²) in [4.78, 5) is 25.1. The van der Waals surface area contributed by atoms with Gasteiger partial charge in [-0.1, -0.05) is 11.6 Å². The van der Waals surface area contributed by atoms with E-state index in [-0.39, 0.29) is 18.1 Å². The highest BCUT2D eigenvalue weighted by Gasteiger charge is 2.25. The van der Waals surface area contributed by atoms with E-state index in [0.717, 1.165) is 30.4 Å². The highest BCUT2D eigenvalue weighted by atomic mass is 35.5. The number of nitrogens with one attached hydrogen (secondary N) is 2. The van der Waals surface area contributed by atoms with Gasteiger partial charge in [0.15, 0.2) is 5.65 Å². The van der Waals surface area contributed by atoms with Crippen LogP contribution in [0.5, 0.6) is 0 Å². The maximum absolute atomic E-state index is 12.9. The Hall–Kier alpha value is -2.97. The van der Waals surface area contributed by atoms with Crippen molar-refractivity contribution in [2.24, 2.45) is 7.05 Å². The Kier molecular flexibility index (Phi) is 4.67. The van der Waals surface area contributed by atoms with Crippen molar-refractivity contribution < 1.29 is 9.53 Å². The van der Waals surface area contributed by atoms with E-state index in [4.69, 9.17) is 21.3 Å². The minimum atomic E-state index is -0.201. The summed E-state index contributed by atoms with van der Waals surface area (Å²) in [5, 5.41) is 9.19. The summed E-state index contributed by atoms with van der Waals surface area (Å²) in [5.74, 6) is -0.201. The van der Waals surface area contributed by atoms with E-state index < -0.39 is 0 Å². The van der Waals surface area contributed by atoms with Crippen molar-refractivity contribution in [2.75, 3.05) is 6.61 Å². The monoisotopic (exact) mass is 424 g/mol. The first kappa shape index (κ1) is 19.0. The molecule has 2 atom stereocenters. The molecular weight excluding hydrogens is 404 g/mol. The number of rotatable bonds is 4. The van der Waals surface area contributed by atoms with Gasteiger partial charge in [-0.3, -0.25) is 9.48 Å². The number of carbonyl (C=O) groups excluding carboxylic acids is 1. The molecule has 1 saturated heterocycles. The maximum Gasteiger partial charge on any atom is 0.255 e. The number of hydrogen-bond acceptors (Lipinski definition) is 5.